The Hall–Kier alpha value is -1.06. The van der Waals surface area contributed by atoms with E-state index in [9.17, 15) is 8.78 Å². The molecule has 0 radical (unpaired) electrons. The number of pyridine rings is 1. The summed E-state index contributed by atoms with van der Waals surface area (Å²) in [6.07, 6.45) is -2.66. The van der Waals surface area contributed by atoms with E-state index >= 15 is 0 Å². The van der Waals surface area contributed by atoms with Crippen molar-refractivity contribution in [1.82, 2.24) is 4.98 Å². The van der Waals surface area contributed by atoms with Crippen molar-refractivity contribution in [1.29, 1.82) is 5.26 Å². The van der Waals surface area contributed by atoms with Gasteiger partial charge in [-0.1, -0.05) is 15.9 Å². The van der Waals surface area contributed by atoms with E-state index in [1.54, 1.807) is 6.07 Å². The van der Waals surface area contributed by atoms with Gasteiger partial charge < -0.3 is 5.11 Å². The number of nitriles is 1. The average molecular weight is 277 g/mol. The van der Waals surface area contributed by atoms with E-state index in [0.29, 0.717) is 0 Å². The van der Waals surface area contributed by atoms with Gasteiger partial charge in [-0.15, -0.1) is 0 Å². The van der Waals surface area contributed by atoms with Crippen LogP contribution in [0.25, 0.3) is 0 Å². The van der Waals surface area contributed by atoms with Crippen molar-refractivity contribution >= 4 is 15.9 Å². The molecule has 0 aromatic carbocycles. The summed E-state index contributed by atoms with van der Waals surface area (Å²) in [4.78, 5) is 3.75. The van der Waals surface area contributed by atoms with Crippen molar-refractivity contribution in [2.24, 2.45) is 0 Å². The Morgan fingerprint density at radius 3 is 2.67 bits per heavy atom. The lowest BCUT2D eigenvalue weighted by Crippen LogP contribution is -2.03. The van der Waals surface area contributed by atoms with Crippen molar-refractivity contribution < 1.29 is 13.9 Å². The number of hydrogen-bond donors (Lipinski definition) is 1. The predicted molar refractivity (Wildman–Crippen MR) is 52.5 cm³/mol. The first-order chi connectivity index (χ1) is 7.13. The van der Waals surface area contributed by atoms with E-state index in [1.165, 1.54) is 0 Å². The molecule has 0 bridgehead atoms. The molecule has 1 heterocycles. The molecule has 3 nitrogen and oxygen atoms in total. The molecule has 0 fully saturated rings. The SMILES string of the molecule is N#Cc1nc(CBr)c(C(F)F)cc1CO. The monoisotopic (exact) mass is 276 g/mol. The van der Waals surface area contributed by atoms with Crippen LogP contribution in [-0.2, 0) is 11.9 Å². The summed E-state index contributed by atoms with van der Waals surface area (Å²) in [6.45, 7) is -0.474. The van der Waals surface area contributed by atoms with Crippen LogP contribution in [-0.4, -0.2) is 10.1 Å². The van der Waals surface area contributed by atoms with Crippen molar-refractivity contribution in [2.45, 2.75) is 18.4 Å². The minimum atomic E-state index is -2.66. The third-order valence-corrected chi connectivity index (χ3v) is 2.38. The molecule has 0 aliphatic carbocycles. The Kier molecular flexibility index (Phi) is 4.12. The maximum atomic E-state index is 12.5. The second-order valence-electron chi connectivity index (χ2n) is 2.74. The molecular weight excluding hydrogens is 270 g/mol. The Bertz CT molecular complexity index is 404. The fourth-order valence-electron chi connectivity index (χ4n) is 1.12. The van der Waals surface area contributed by atoms with E-state index in [1.807, 2.05) is 0 Å². The van der Waals surface area contributed by atoms with Crippen molar-refractivity contribution in [3.05, 3.63) is 28.6 Å². The summed E-state index contributed by atoms with van der Waals surface area (Å²) in [5.74, 6) is 0. The molecule has 15 heavy (non-hydrogen) atoms. The smallest absolute Gasteiger partial charge is 0.265 e. The molecule has 1 aromatic rings. The summed E-state index contributed by atoms with van der Waals surface area (Å²) in [6, 6.07) is 2.87. The fourth-order valence-corrected chi connectivity index (χ4v) is 1.57. The van der Waals surface area contributed by atoms with E-state index in [0.717, 1.165) is 6.07 Å². The molecule has 0 amide bonds. The van der Waals surface area contributed by atoms with Gasteiger partial charge in [0.1, 0.15) is 11.8 Å². The van der Waals surface area contributed by atoms with Crippen molar-refractivity contribution in [2.75, 3.05) is 0 Å². The lowest BCUT2D eigenvalue weighted by atomic mass is 10.1. The molecular formula is C9H7BrF2N2O. The molecule has 0 aliphatic heterocycles. The van der Waals surface area contributed by atoms with Gasteiger partial charge in [0, 0.05) is 16.5 Å². The van der Waals surface area contributed by atoms with E-state index in [4.69, 9.17) is 10.4 Å². The Morgan fingerprint density at radius 1 is 1.60 bits per heavy atom. The largest absolute Gasteiger partial charge is 0.392 e. The van der Waals surface area contributed by atoms with Crippen LogP contribution in [0.5, 0.6) is 0 Å². The molecule has 1 N–H and O–H groups in total. The quantitative estimate of drug-likeness (QED) is 0.862. The maximum Gasteiger partial charge on any atom is 0.265 e. The van der Waals surface area contributed by atoms with Gasteiger partial charge in [-0.05, 0) is 6.07 Å². The molecule has 0 atom stereocenters. The van der Waals surface area contributed by atoms with Gasteiger partial charge in [0.2, 0.25) is 0 Å². The zero-order valence-corrected chi connectivity index (χ0v) is 9.13. The number of nitrogens with zero attached hydrogens (tertiary/aromatic N) is 2. The van der Waals surface area contributed by atoms with Gasteiger partial charge in [-0.25, -0.2) is 13.8 Å². The van der Waals surface area contributed by atoms with Gasteiger partial charge in [0.25, 0.3) is 6.43 Å². The second-order valence-corrected chi connectivity index (χ2v) is 3.30. The summed E-state index contributed by atoms with van der Waals surface area (Å²) >= 11 is 3.02. The molecule has 0 saturated carbocycles. The highest BCUT2D eigenvalue weighted by molar-refractivity contribution is 9.08. The standard InChI is InChI=1S/C9H7BrF2N2O/c10-2-7-6(9(11)12)1-5(4-15)8(3-13)14-7/h1,9,15H,2,4H2. The van der Waals surface area contributed by atoms with Crippen LogP contribution >= 0.6 is 15.9 Å². The zero-order valence-electron chi connectivity index (χ0n) is 7.54. The third kappa shape index (κ3) is 2.49. The molecule has 1 aromatic heterocycles. The van der Waals surface area contributed by atoms with E-state index in [2.05, 4.69) is 20.9 Å². The third-order valence-electron chi connectivity index (χ3n) is 1.85. The molecule has 6 heteroatoms. The lowest BCUT2D eigenvalue weighted by molar-refractivity contribution is 0.149. The van der Waals surface area contributed by atoms with Gasteiger partial charge in [0.15, 0.2) is 0 Å². The van der Waals surface area contributed by atoms with Crippen LogP contribution in [0, 0.1) is 11.3 Å². The molecule has 0 aliphatic rings. The number of hydrogen-bond acceptors (Lipinski definition) is 3. The van der Waals surface area contributed by atoms with E-state index < -0.39 is 13.0 Å². The highest BCUT2D eigenvalue weighted by Crippen LogP contribution is 2.25. The normalized spacial score (nSPS) is 10.4. The summed E-state index contributed by atoms with van der Waals surface area (Å²) in [7, 11) is 0. The Morgan fingerprint density at radius 2 is 2.27 bits per heavy atom. The van der Waals surface area contributed by atoms with Crippen LogP contribution in [0.4, 0.5) is 8.78 Å². The number of aliphatic hydroxyl groups is 1. The van der Waals surface area contributed by atoms with Crippen LogP contribution < -0.4 is 0 Å². The van der Waals surface area contributed by atoms with Crippen LogP contribution in [0.2, 0.25) is 0 Å². The Labute approximate surface area is 93.5 Å². The van der Waals surface area contributed by atoms with Crippen LogP contribution in [0.3, 0.4) is 0 Å². The highest BCUT2D eigenvalue weighted by Gasteiger charge is 2.17. The van der Waals surface area contributed by atoms with Crippen LogP contribution in [0.1, 0.15) is 28.9 Å². The number of aromatic nitrogens is 1. The van der Waals surface area contributed by atoms with Gasteiger partial charge in [0.05, 0.1) is 12.3 Å². The predicted octanol–water partition coefficient (Wildman–Crippen LogP) is 2.28. The minimum absolute atomic E-state index is 0.0173. The molecule has 0 saturated heterocycles. The van der Waals surface area contributed by atoms with E-state index in [-0.39, 0.29) is 27.8 Å². The Balaban J connectivity index is 3.36. The first kappa shape index (κ1) is 12.0. The first-order valence-corrected chi connectivity index (χ1v) is 5.14. The lowest BCUT2D eigenvalue weighted by Gasteiger charge is -2.08. The minimum Gasteiger partial charge on any atom is -0.392 e. The molecule has 0 spiro atoms. The molecule has 1 rings (SSSR count). The average Bonchev–Trinajstić information content (AvgIpc) is 2.26. The van der Waals surface area contributed by atoms with Gasteiger partial charge >= 0.3 is 0 Å². The second kappa shape index (κ2) is 5.14. The number of halogens is 3. The zero-order chi connectivity index (χ0) is 11.4. The fraction of sp³-hybridized carbons (Fsp3) is 0.333. The van der Waals surface area contributed by atoms with Gasteiger partial charge in [-0.3, -0.25) is 0 Å². The maximum absolute atomic E-state index is 12.5. The van der Waals surface area contributed by atoms with Crippen LogP contribution in [0.15, 0.2) is 6.07 Å². The van der Waals surface area contributed by atoms with Crippen molar-refractivity contribution in [3.8, 4) is 6.07 Å². The first-order valence-electron chi connectivity index (χ1n) is 4.01. The number of aliphatic hydroxyl groups excluding tert-OH is 1. The van der Waals surface area contributed by atoms with Crippen molar-refractivity contribution in [3.63, 3.8) is 0 Å². The summed E-state index contributed by atoms with van der Waals surface area (Å²) < 4.78 is 25.1. The van der Waals surface area contributed by atoms with Gasteiger partial charge in [-0.2, -0.15) is 5.26 Å². The molecule has 80 valence electrons. The highest BCUT2D eigenvalue weighted by atomic mass is 79.9. The topological polar surface area (TPSA) is 56.9 Å². The molecule has 0 unspecified atom stereocenters. The number of rotatable bonds is 3. The number of alkyl halides is 3. The summed E-state index contributed by atoms with van der Waals surface area (Å²) in [5, 5.41) is 17.7. The summed E-state index contributed by atoms with van der Waals surface area (Å²) in [5.41, 5.74) is -0.0254.